The molecule has 0 aromatic rings. The van der Waals surface area contributed by atoms with Crippen molar-refractivity contribution in [3.8, 4) is 0 Å². The Morgan fingerprint density at radius 2 is 1.37 bits per heavy atom. The van der Waals surface area contributed by atoms with Crippen molar-refractivity contribution >= 4 is 5.97 Å². The molecule has 30 heavy (non-hydrogen) atoms. The average Bonchev–Trinajstić information content (AvgIpc) is 2.58. The van der Waals surface area contributed by atoms with E-state index in [1.54, 1.807) is 0 Å². The molecule has 0 aliphatic carbocycles. The Hall–Kier alpha value is -1.31. The summed E-state index contributed by atoms with van der Waals surface area (Å²) in [6.45, 7) is 32.0. The molecule has 2 heteroatoms. The van der Waals surface area contributed by atoms with E-state index in [9.17, 15) is 9.90 Å². The second kappa shape index (κ2) is 11.9. The smallest absolute Gasteiger partial charge is 0.307 e. The molecule has 0 amide bonds. The molecule has 0 aromatic carbocycles. The van der Waals surface area contributed by atoms with Crippen LogP contribution in [0, 0.1) is 33.5 Å². The van der Waals surface area contributed by atoms with Gasteiger partial charge in [0.2, 0.25) is 0 Å². The van der Waals surface area contributed by atoms with Gasteiger partial charge in [0.25, 0.3) is 0 Å². The molecule has 0 saturated heterocycles. The van der Waals surface area contributed by atoms with Crippen molar-refractivity contribution < 1.29 is 9.90 Å². The van der Waals surface area contributed by atoms with Crippen molar-refractivity contribution in [3.63, 3.8) is 0 Å². The van der Waals surface area contributed by atoms with E-state index >= 15 is 0 Å². The first-order valence-electron chi connectivity index (χ1n) is 11.6. The van der Waals surface area contributed by atoms with Gasteiger partial charge < -0.3 is 5.11 Å². The monoisotopic (exact) mass is 420 g/mol. The van der Waals surface area contributed by atoms with Gasteiger partial charge in [-0.05, 0) is 52.9 Å². The first-order valence-corrected chi connectivity index (χ1v) is 11.6. The molecular weight excluding hydrogens is 368 g/mol. The molecule has 0 saturated carbocycles. The average molecular weight is 421 g/mol. The predicted octanol–water partition coefficient (Wildman–Crippen LogP) is 8.94. The van der Waals surface area contributed by atoms with Crippen molar-refractivity contribution in [2.45, 2.75) is 103 Å². The van der Waals surface area contributed by atoms with Crippen LogP contribution in [0.3, 0.4) is 0 Å². The molecule has 176 valence electrons. The van der Waals surface area contributed by atoms with Gasteiger partial charge in [-0.25, -0.2) is 0 Å². The predicted molar refractivity (Wildman–Crippen MR) is 135 cm³/mol. The van der Waals surface area contributed by atoms with Gasteiger partial charge in [-0.2, -0.15) is 0 Å². The van der Waals surface area contributed by atoms with E-state index in [1.165, 1.54) is 5.57 Å². The number of carbonyl (C=O) groups is 1. The topological polar surface area (TPSA) is 37.3 Å². The lowest BCUT2D eigenvalue weighted by Gasteiger charge is -2.51. The summed E-state index contributed by atoms with van der Waals surface area (Å²) in [4.78, 5) is 12.0. The summed E-state index contributed by atoms with van der Waals surface area (Å²) in [5, 5.41) is 9.90. The van der Waals surface area contributed by atoms with Crippen LogP contribution in [0.2, 0.25) is 0 Å². The Bertz CT molecular complexity index is 589. The molecular formula is C28H52O2. The van der Waals surface area contributed by atoms with E-state index < -0.39 is 5.97 Å². The van der Waals surface area contributed by atoms with Gasteiger partial charge in [-0.15, -0.1) is 0 Å². The van der Waals surface area contributed by atoms with Crippen LogP contribution in [-0.4, -0.2) is 11.1 Å². The van der Waals surface area contributed by atoms with Crippen LogP contribution in [0.4, 0.5) is 0 Å². The molecule has 2 atom stereocenters. The molecule has 0 bridgehead atoms. The summed E-state index contributed by atoms with van der Waals surface area (Å²) >= 11 is 0. The van der Waals surface area contributed by atoms with Crippen molar-refractivity contribution in [3.05, 3.63) is 36.5 Å². The van der Waals surface area contributed by atoms with Gasteiger partial charge in [0, 0.05) is 0 Å². The van der Waals surface area contributed by atoms with Crippen LogP contribution in [0.25, 0.3) is 0 Å². The maximum absolute atomic E-state index is 12.0. The highest BCUT2D eigenvalue weighted by Crippen LogP contribution is 2.55. The number of aliphatic carboxylic acids is 1. The number of allylic oxidation sites excluding steroid dienone is 5. The minimum absolute atomic E-state index is 0.0907. The Balaban J connectivity index is 0. The molecule has 2 nitrogen and oxygen atoms in total. The molecule has 0 radical (unpaired) electrons. The van der Waals surface area contributed by atoms with Crippen molar-refractivity contribution in [2.75, 3.05) is 0 Å². The Kier molecular flexibility index (Phi) is 12.3. The van der Waals surface area contributed by atoms with E-state index in [1.807, 2.05) is 46.8 Å². The number of hydrogen-bond donors (Lipinski definition) is 1. The lowest BCUT2D eigenvalue weighted by Crippen LogP contribution is -2.45. The summed E-state index contributed by atoms with van der Waals surface area (Å²) < 4.78 is 0. The first kappa shape index (κ1) is 30.9. The van der Waals surface area contributed by atoms with E-state index in [2.05, 4.69) is 74.1 Å². The fourth-order valence-electron chi connectivity index (χ4n) is 4.00. The fraction of sp³-hybridized carbons (Fsp3) is 0.750. The third kappa shape index (κ3) is 9.23. The summed E-state index contributed by atoms with van der Waals surface area (Å²) in [6, 6.07) is 0. The molecule has 0 fully saturated rings. The Morgan fingerprint density at radius 3 is 1.67 bits per heavy atom. The largest absolute Gasteiger partial charge is 0.481 e. The summed E-state index contributed by atoms with van der Waals surface area (Å²) in [5.41, 5.74) is 0.952. The molecule has 0 spiro atoms. The zero-order valence-electron chi connectivity index (χ0n) is 22.4. The third-order valence-electron chi connectivity index (χ3n) is 6.65. The number of carboxylic acids is 1. The SMILES string of the molecule is C=C/C=C\C(=C/C)C(CC(C)(C)C)C(C)(C)C(C)(C)CC(C(=O)O)C(C)(C)C.CC. The van der Waals surface area contributed by atoms with Crippen LogP contribution in [0.1, 0.15) is 103 Å². The Labute approximate surface area is 188 Å². The summed E-state index contributed by atoms with van der Waals surface area (Å²) in [5.74, 6) is -0.755. The molecule has 0 rings (SSSR count). The molecule has 0 heterocycles. The Morgan fingerprint density at radius 1 is 0.900 bits per heavy atom. The summed E-state index contributed by atoms with van der Waals surface area (Å²) in [7, 11) is 0. The van der Waals surface area contributed by atoms with Crippen molar-refractivity contribution in [2.24, 2.45) is 33.5 Å². The van der Waals surface area contributed by atoms with E-state index in [-0.39, 0.29) is 27.6 Å². The van der Waals surface area contributed by atoms with E-state index in [0.717, 1.165) is 6.42 Å². The van der Waals surface area contributed by atoms with Crippen LogP contribution in [0.5, 0.6) is 0 Å². The lowest BCUT2D eigenvalue weighted by atomic mass is 9.53. The van der Waals surface area contributed by atoms with Crippen LogP contribution in [-0.2, 0) is 4.79 Å². The first-order chi connectivity index (χ1) is 13.4. The zero-order valence-corrected chi connectivity index (χ0v) is 22.4. The zero-order chi connectivity index (χ0) is 24.6. The number of carboxylic acid groups (broad SMARTS) is 1. The fourth-order valence-corrected chi connectivity index (χ4v) is 4.00. The van der Waals surface area contributed by atoms with Gasteiger partial charge in [0.05, 0.1) is 5.92 Å². The standard InChI is InChI=1S/C26H46O2.C2H6/c1-13-15-16-19(14-2)20(17-23(3,4)5)26(11,12)25(9,10)18-21(22(27)28)24(6,7)8;1-2/h13-16,20-21H,1,17-18H2,2-12H3,(H,27,28);1-2H3/b16-15-,19-14+;. The van der Waals surface area contributed by atoms with Gasteiger partial charge in [-0.3, -0.25) is 4.79 Å². The highest BCUT2D eigenvalue weighted by Gasteiger charge is 2.48. The third-order valence-corrected chi connectivity index (χ3v) is 6.65. The minimum atomic E-state index is -0.693. The maximum Gasteiger partial charge on any atom is 0.307 e. The van der Waals surface area contributed by atoms with Gasteiger partial charge in [-0.1, -0.05) is 114 Å². The lowest BCUT2D eigenvalue weighted by molar-refractivity contribution is -0.148. The highest BCUT2D eigenvalue weighted by molar-refractivity contribution is 5.71. The highest BCUT2D eigenvalue weighted by atomic mass is 16.4. The van der Waals surface area contributed by atoms with E-state index in [0.29, 0.717) is 12.3 Å². The number of hydrogen-bond acceptors (Lipinski definition) is 1. The second-order valence-electron chi connectivity index (χ2n) is 11.8. The van der Waals surface area contributed by atoms with E-state index in [4.69, 9.17) is 0 Å². The van der Waals surface area contributed by atoms with Crippen LogP contribution < -0.4 is 0 Å². The molecule has 1 N–H and O–H groups in total. The molecule has 0 aromatic heterocycles. The number of rotatable bonds is 9. The van der Waals surface area contributed by atoms with Crippen molar-refractivity contribution in [1.82, 2.24) is 0 Å². The second-order valence-corrected chi connectivity index (χ2v) is 11.8. The van der Waals surface area contributed by atoms with Gasteiger partial charge >= 0.3 is 5.97 Å². The van der Waals surface area contributed by atoms with Crippen molar-refractivity contribution in [1.29, 1.82) is 0 Å². The maximum atomic E-state index is 12.0. The van der Waals surface area contributed by atoms with Gasteiger partial charge in [0.15, 0.2) is 0 Å². The minimum Gasteiger partial charge on any atom is -0.481 e. The summed E-state index contributed by atoms with van der Waals surface area (Å²) in [6.07, 6.45) is 9.88. The molecule has 2 unspecified atom stereocenters. The molecule has 0 aliphatic heterocycles. The molecule has 0 aliphatic rings. The van der Waals surface area contributed by atoms with Gasteiger partial charge in [0.1, 0.15) is 0 Å². The normalized spacial score (nSPS) is 16.0. The quantitative estimate of drug-likeness (QED) is 0.378. The van der Waals surface area contributed by atoms with Crippen LogP contribution in [0.15, 0.2) is 36.5 Å². The van der Waals surface area contributed by atoms with Crippen LogP contribution >= 0.6 is 0 Å².